The third-order valence-electron chi connectivity index (χ3n) is 5.75. The van der Waals surface area contributed by atoms with E-state index in [1.54, 1.807) is 0 Å². The molecule has 4 aromatic rings. The van der Waals surface area contributed by atoms with E-state index < -0.39 is 0 Å². The molecule has 31 heavy (non-hydrogen) atoms. The molecule has 0 spiro atoms. The highest BCUT2D eigenvalue weighted by Crippen LogP contribution is 2.32. The predicted octanol–water partition coefficient (Wildman–Crippen LogP) is 7.43. The third-order valence-corrected chi connectivity index (χ3v) is 5.75. The second kappa shape index (κ2) is 10.0. The van der Waals surface area contributed by atoms with Gasteiger partial charge >= 0.3 is 0 Å². The van der Waals surface area contributed by atoms with E-state index in [1.165, 1.54) is 27.6 Å². The SMILES string of the molecule is CCN(CC)c1ccc(CN=NC(c2ccccc2)c2cccc3ccccc23)cc1. The lowest BCUT2D eigenvalue weighted by Crippen LogP contribution is -2.21. The molecule has 1 unspecified atom stereocenters. The minimum absolute atomic E-state index is 0.123. The summed E-state index contributed by atoms with van der Waals surface area (Å²) in [7, 11) is 0. The predicted molar refractivity (Wildman–Crippen MR) is 131 cm³/mol. The van der Waals surface area contributed by atoms with Crippen LogP contribution in [0.5, 0.6) is 0 Å². The Kier molecular flexibility index (Phi) is 6.73. The Balaban J connectivity index is 1.61. The highest BCUT2D eigenvalue weighted by Gasteiger charge is 2.15. The summed E-state index contributed by atoms with van der Waals surface area (Å²) < 4.78 is 0. The first-order valence-electron chi connectivity index (χ1n) is 11.0. The van der Waals surface area contributed by atoms with Gasteiger partial charge in [0.1, 0.15) is 6.04 Å². The molecule has 0 fully saturated rings. The molecule has 0 bridgehead atoms. The Hall–Kier alpha value is -3.46. The standard InChI is InChI=1S/C28H29N3/c1-3-31(4-2)25-19-17-22(18-20-25)21-29-30-28(24-12-6-5-7-13-24)27-16-10-14-23-11-8-9-15-26(23)27/h5-20,28H,3-4,21H2,1-2H3. The summed E-state index contributed by atoms with van der Waals surface area (Å²) in [6.07, 6.45) is 0. The largest absolute Gasteiger partial charge is 0.372 e. The average molecular weight is 408 g/mol. The lowest BCUT2D eigenvalue weighted by Gasteiger charge is -2.21. The number of anilines is 1. The van der Waals surface area contributed by atoms with Crippen LogP contribution in [0.2, 0.25) is 0 Å². The van der Waals surface area contributed by atoms with Gasteiger partial charge in [0.2, 0.25) is 0 Å². The zero-order valence-electron chi connectivity index (χ0n) is 18.3. The van der Waals surface area contributed by atoms with E-state index in [-0.39, 0.29) is 6.04 Å². The smallest absolute Gasteiger partial charge is 0.121 e. The van der Waals surface area contributed by atoms with E-state index >= 15 is 0 Å². The summed E-state index contributed by atoms with van der Waals surface area (Å²) in [4.78, 5) is 2.34. The number of fused-ring (bicyclic) bond motifs is 1. The molecule has 0 aliphatic heterocycles. The Morgan fingerprint density at radius 1 is 0.710 bits per heavy atom. The van der Waals surface area contributed by atoms with Crippen LogP contribution in [-0.2, 0) is 6.54 Å². The lowest BCUT2D eigenvalue weighted by atomic mass is 9.94. The molecule has 0 N–H and O–H groups in total. The minimum Gasteiger partial charge on any atom is -0.372 e. The molecule has 0 saturated heterocycles. The maximum absolute atomic E-state index is 4.81. The number of nitrogens with zero attached hydrogens (tertiary/aromatic N) is 3. The molecule has 0 aliphatic rings. The van der Waals surface area contributed by atoms with E-state index in [2.05, 4.69) is 115 Å². The summed E-state index contributed by atoms with van der Waals surface area (Å²) in [5.41, 5.74) is 4.76. The molecule has 0 saturated carbocycles. The van der Waals surface area contributed by atoms with Crippen LogP contribution in [0.3, 0.4) is 0 Å². The molecule has 3 nitrogen and oxygen atoms in total. The van der Waals surface area contributed by atoms with Gasteiger partial charge < -0.3 is 4.90 Å². The second-order valence-corrected chi connectivity index (χ2v) is 7.64. The van der Waals surface area contributed by atoms with E-state index in [1.807, 2.05) is 6.07 Å². The molecule has 4 rings (SSSR count). The summed E-state index contributed by atoms with van der Waals surface area (Å²) in [5, 5.41) is 11.9. The van der Waals surface area contributed by atoms with Gasteiger partial charge in [-0.05, 0) is 53.4 Å². The van der Waals surface area contributed by atoms with Crippen LogP contribution in [0.25, 0.3) is 10.8 Å². The summed E-state index contributed by atoms with van der Waals surface area (Å²) in [6.45, 7) is 6.97. The maximum atomic E-state index is 4.81. The molecule has 0 amide bonds. The van der Waals surface area contributed by atoms with Gasteiger partial charge in [-0.3, -0.25) is 0 Å². The van der Waals surface area contributed by atoms with Crippen LogP contribution in [0.15, 0.2) is 107 Å². The molecule has 156 valence electrons. The van der Waals surface area contributed by atoms with Crippen molar-refractivity contribution in [2.45, 2.75) is 26.4 Å². The van der Waals surface area contributed by atoms with Crippen LogP contribution in [0.4, 0.5) is 5.69 Å². The molecule has 3 heteroatoms. The van der Waals surface area contributed by atoms with Crippen molar-refractivity contribution in [2.75, 3.05) is 18.0 Å². The monoisotopic (exact) mass is 407 g/mol. The molecule has 0 aromatic heterocycles. The minimum atomic E-state index is -0.123. The second-order valence-electron chi connectivity index (χ2n) is 7.64. The molecule has 4 aromatic carbocycles. The number of rotatable bonds is 8. The van der Waals surface area contributed by atoms with Gasteiger partial charge in [-0.2, -0.15) is 10.2 Å². The molecular weight excluding hydrogens is 378 g/mol. The Labute approximate surface area is 185 Å². The topological polar surface area (TPSA) is 28.0 Å². The molecule has 1 atom stereocenters. The van der Waals surface area contributed by atoms with E-state index in [0.717, 1.165) is 18.7 Å². The van der Waals surface area contributed by atoms with Gasteiger partial charge in [0.15, 0.2) is 0 Å². The normalized spacial score (nSPS) is 12.3. The van der Waals surface area contributed by atoms with Crippen molar-refractivity contribution in [3.8, 4) is 0 Å². The molecular formula is C28H29N3. The highest BCUT2D eigenvalue weighted by molar-refractivity contribution is 5.86. The van der Waals surface area contributed by atoms with Crippen LogP contribution in [0, 0.1) is 0 Å². The fourth-order valence-corrected chi connectivity index (χ4v) is 4.04. The number of benzene rings is 4. The van der Waals surface area contributed by atoms with Gasteiger partial charge in [-0.25, -0.2) is 0 Å². The van der Waals surface area contributed by atoms with Gasteiger partial charge in [0, 0.05) is 18.8 Å². The molecule has 0 heterocycles. The summed E-state index contributed by atoms with van der Waals surface area (Å²) in [6, 6.07) is 33.9. The summed E-state index contributed by atoms with van der Waals surface area (Å²) >= 11 is 0. The van der Waals surface area contributed by atoms with Crippen molar-refractivity contribution < 1.29 is 0 Å². The van der Waals surface area contributed by atoms with E-state index in [9.17, 15) is 0 Å². The van der Waals surface area contributed by atoms with Crippen LogP contribution < -0.4 is 4.90 Å². The number of azo groups is 1. The average Bonchev–Trinajstić information content (AvgIpc) is 2.84. The van der Waals surface area contributed by atoms with Gasteiger partial charge in [0.25, 0.3) is 0 Å². The van der Waals surface area contributed by atoms with Crippen molar-refractivity contribution >= 4 is 16.5 Å². The first kappa shape index (κ1) is 20.8. The fraction of sp³-hybridized carbons (Fsp3) is 0.214. The first-order valence-corrected chi connectivity index (χ1v) is 11.0. The van der Waals surface area contributed by atoms with Gasteiger partial charge in [-0.1, -0.05) is 84.9 Å². The van der Waals surface area contributed by atoms with Crippen LogP contribution >= 0.6 is 0 Å². The third kappa shape index (κ3) is 4.83. The molecule has 0 radical (unpaired) electrons. The van der Waals surface area contributed by atoms with E-state index in [0.29, 0.717) is 6.54 Å². The van der Waals surface area contributed by atoms with Gasteiger partial charge in [-0.15, -0.1) is 0 Å². The summed E-state index contributed by atoms with van der Waals surface area (Å²) in [5.74, 6) is 0. The van der Waals surface area contributed by atoms with Crippen molar-refractivity contribution in [3.63, 3.8) is 0 Å². The Bertz CT molecular complexity index is 1120. The van der Waals surface area contributed by atoms with Crippen molar-refractivity contribution in [1.29, 1.82) is 0 Å². The van der Waals surface area contributed by atoms with E-state index in [4.69, 9.17) is 5.11 Å². The fourth-order valence-electron chi connectivity index (χ4n) is 4.04. The van der Waals surface area contributed by atoms with Gasteiger partial charge in [0.05, 0.1) is 6.54 Å². The van der Waals surface area contributed by atoms with Crippen molar-refractivity contribution in [2.24, 2.45) is 10.2 Å². The lowest BCUT2D eigenvalue weighted by molar-refractivity contribution is 0.761. The zero-order chi connectivity index (χ0) is 21.5. The van der Waals surface area contributed by atoms with Crippen LogP contribution in [0.1, 0.15) is 36.6 Å². The highest BCUT2D eigenvalue weighted by atomic mass is 15.1. The zero-order valence-corrected chi connectivity index (χ0v) is 18.3. The number of hydrogen-bond donors (Lipinski definition) is 0. The Morgan fingerprint density at radius 3 is 2.13 bits per heavy atom. The molecule has 0 aliphatic carbocycles. The van der Waals surface area contributed by atoms with Crippen molar-refractivity contribution in [3.05, 3.63) is 114 Å². The van der Waals surface area contributed by atoms with Crippen molar-refractivity contribution in [1.82, 2.24) is 0 Å². The number of hydrogen-bond acceptors (Lipinski definition) is 3. The quantitative estimate of drug-likeness (QED) is 0.279. The maximum Gasteiger partial charge on any atom is 0.121 e. The van der Waals surface area contributed by atoms with Crippen LogP contribution in [-0.4, -0.2) is 13.1 Å². The first-order chi connectivity index (χ1) is 15.3. The Morgan fingerprint density at radius 2 is 1.39 bits per heavy atom.